The first-order valence-electron chi connectivity index (χ1n) is 16.5. The zero-order chi connectivity index (χ0) is 32.5. The molecule has 2 heteroatoms. The highest BCUT2D eigenvalue weighted by atomic mass is 15.2. The highest BCUT2D eigenvalue weighted by Gasteiger charge is 2.24. The zero-order valence-electron chi connectivity index (χ0n) is 27.9. The molecule has 0 atom stereocenters. The summed E-state index contributed by atoms with van der Waals surface area (Å²) < 4.78 is 0. The lowest BCUT2D eigenvalue weighted by atomic mass is 9.95. The van der Waals surface area contributed by atoms with Crippen molar-refractivity contribution in [2.45, 2.75) is 41.5 Å². The molecule has 230 valence electrons. The number of aryl methyl sites for hydroxylation is 2. The van der Waals surface area contributed by atoms with Crippen molar-refractivity contribution in [3.05, 3.63) is 169 Å². The van der Waals surface area contributed by atoms with Gasteiger partial charge in [-0.15, -0.1) is 0 Å². The molecule has 46 heavy (non-hydrogen) atoms. The number of para-hydroxylation sites is 2. The van der Waals surface area contributed by atoms with Crippen LogP contribution >= 0.6 is 0 Å². The molecule has 0 saturated carbocycles. The third kappa shape index (κ3) is 6.39. The van der Waals surface area contributed by atoms with E-state index in [0.717, 1.165) is 22.7 Å². The molecule has 0 spiro atoms. The Labute approximate surface area is 275 Å². The Bertz CT molecular complexity index is 1770. The molecular formula is C44H44N2. The van der Waals surface area contributed by atoms with Crippen molar-refractivity contribution >= 4 is 55.7 Å². The zero-order valence-corrected chi connectivity index (χ0v) is 27.9. The fourth-order valence-corrected chi connectivity index (χ4v) is 5.92. The minimum Gasteiger partial charge on any atom is -0.309 e. The van der Waals surface area contributed by atoms with Gasteiger partial charge >= 0.3 is 0 Å². The molecule has 0 aromatic heterocycles. The summed E-state index contributed by atoms with van der Waals surface area (Å²) in [6.45, 7) is 12.3. The van der Waals surface area contributed by atoms with Crippen LogP contribution in [0.15, 0.2) is 158 Å². The third-order valence-electron chi connectivity index (χ3n) is 7.93. The molecule has 0 fully saturated rings. The molecule has 0 saturated heterocycles. The first kappa shape index (κ1) is 32.1. The minimum absolute atomic E-state index is 1.13. The molecule has 0 aliphatic carbocycles. The maximum atomic E-state index is 2.41. The monoisotopic (exact) mass is 600 g/mol. The first-order valence-corrected chi connectivity index (χ1v) is 16.5. The SMILES string of the molecule is CC.CC.Cc1ccc(N(c2ccccc2)c2c3ccccc3c(N(c3ccccc3)c3ccc(C)cc3)c3ccccc23)cc1. The van der Waals surface area contributed by atoms with Gasteiger partial charge in [-0.1, -0.05) is 148 Å². The second-order valence-electron chi connectivity index (χ2n) is 10.8. The van der Waals surface area contributed by atoms with Crippen LogP contribution in [0.2, 0.25) is 0 Å². The Hall–Kier alpha value is -5.34. The van der Waals surface area contributed by atoms with Crippen molar-refractivity contribution in [3.8, 4) is 0 Å². The van der Waals surface area contributed by atoms with Gasteiger partial charge in [-0.2, -0.15) is 0 Å². The molecule has 0 N–H and O–H groups in total. The lowest BCUT2D eigenvalue weighted by Gasteiger charge is -2.32. The summed E-state index contributed by atoms with van der Waals surface area (Å²) in [5.41, 5.74) is 9.36. The van der Waals surface area contributed by atoms with E-state index in [4.69, 9.17) is 0 Å². The van der Waals surface area contributed by atoms with Gasteiger partial charge in [0.2, 0.25) is 0 Å². The van der Waals surface area contributed by atoms with Crippen molar-refractivity contribution in [2.24, 2.45) is 0 Å². The van der Waals surface area contributed by atoms with Gasteiger partial charge in [0, 0.05) is 44.3 Å². The van der Waals surface area contributed by atoms with Crippen LogP contribution in [-0.4, -0.2) is 0 Å². The van der Waals surface area contributed by atoms with Crippen molar-refractivity contribution in [3.63, 3.8) is 0 Å². The largest absolute Gasteiger partial charge is 0.309 e. The minimum atomic E-state index is 1.13. The lowest BCUT2D eigenvalue weighted by Crippen LogP contribution is -2.14. The predicted molar refractivity (Wildman–Crippen MR) is 203 cm³/mol. The smallest absolute Gasteiger partial charge is 0.0619 e. The molecule has 0 amide bonds. The molecular weight excluding hydrogens is 556 g/mol. The van der Waals surface area contributed by atoms with Crippen LogP contribution in [0.1, 0.15) is 38.8 Å². The summed E-state index contributed by atoms with van der Waals surface area (Å²) in [7, 11) is 0. The van der Waals surface area contributed by atoms with E-state index < -0.39 is 0 Å². The van der Waals surface area contributed by atoms with Gasteiger partial charge in [0.05, 0.1) is 11.4 Å². The fourth-order valence-electron chi connectivity index (χ4n) is 5.92. The standard InChI is InChI=1S/C40H32N2.2C2H6/c1-29-21-25-33(26-22-29)41(31-13-5-3-6-14-31)39-35-17-9-11-19-37(35)40(38-20-12-10-18-36(38)39)42(32-15-7-4-8-16-32)34-27-23-30(2)24-28-34;2*1-2/h3-28H,1-2H3;2*1-2H3. The molecule has 7 aromatic rings. The molecule has 0 aliphatic rings. The van der Waals surface area contributed by atoms with Crippen LogP contribution < -0.4 is 9.80 Å². The Balaban J connectivity index is 0.00000100. The Morgan fingerprint density at radius 3 is 0.804 bits per heavy atom. The lowest BCUT2D eigenvalue weighted by molar-refractivity contribution is 1.28. The van der Waals surface area contributed by atoms with Gasteiger partial charge in [0.25, 0.3) is 0 Å². The van der Waals surface area contributed by atoms with Crippen LogP contribution in [0.5, 0.6) is 0 Å². The second kappa shape index (κ2) is 15.1. The Morgan fingerprint density at radius 1 is 0.283 bits per heavy atom. The van der Waals surface area contributed by atoms with E-state index in [1.807, 2.05) is 27.7 Å². The van der Waals surface area contributed by atoms with E-state index in [9.17, 15) is 0 Å². The van der Waals surface area contributed by atoms with E-state index in [1.165, 1.54) is 44.0 Å². The van der Waals surface area contributed by atoms with Gasteiger partial charge < -0.3 is 9.80 Å². The molecule has 7 aromatic carbocycles. The third-order valence-corrected chi connectivity index (χ3v) is 7.93. The molecule has 0 heterocycles. The van der Waals surface area contributed by atoms with Gasteiger partial charge in [0.15, 0.2) is 0 Å². The van der Waals surface area contributed by atoms with Crippen molar-refractivity contribution in [1.29, 1.82) is 0 Å². The fraction of sp³-hybridized carbons (Fsp3) is 0.136. The summed E-state index contributed by atoms with van der Waals surface area (Å²) in [5, 5.41) is 4.79. The van der Waals surface area contributed by atoms with Crippen molar-refractivity contribution < 1.29 is 0 Å². The average Bonchev–Trinajstić information content (AvgIpc) is 3.13. The molecule has 2 nitrogen and oxygen atoms in total. The van der Waals surface area contributed by atoms with Crippen LogP contribution in [0.25, 0.3) is 21.5 Å². The highest BCUT2D eigenvalue weighted by Crippen LogP contribution is 2.50. The van der Waals surface area contributed by atoms with Crippen LogP contribution in [0.3, 0.4) is 0 Å². The van der Waals surface area contributed by atoms with Gasteiger partial charge in [-0.3, -0.25) is 0 Å². The Kier molecular flexibility index (Phi) is 10.5. The molecule has 7 rings (SSSR count). The molecule has 0 unspecified atom stereocenters. The quantitative estimate of drug-likeness (QED) is 0.138. The maximum absolute atomic E-state index is 2.41. The first-order chi connectivity index (χ1) is 22.7. The van der Waals surface area contributed by atoms with Crippen molar-refractivity contribution in [2.75, 3.05) is 9.80 Å². The van der Waals surface area contributed by atoms with E-state index >= 15 is 0 Å². The summed E-state index contributed by atoms with van der Waals surface area (Å²) in [5.74, 6) is 0. The predicted octanol–water partition coefficient (Wildman–Crippen LogP) is 13.6. The number of fused-ring (bicyclic) bond motifs is 2. The highest BCUT2D eigenvalue weighted by molar-refractivity contribution is 6.23. The number of rotatable bonds is 6. The number of hydrogen-bond donors (Lipinski definition) is 0. The van der Waals surface area contributed by atoms with E-state index in [2.05, 4.69) is 181 Å². The summed E-state index contributed by atoms with van der Waals surface area (Å²) in [4.78, 5) is 4.82. The normalized spacial score (nSPS) is 10.4. The van der Waals surface area contributed by atoms with E-state index in [0.29, 0.717) is 0 Å². The summed E-state index contributed by atoms with van der Waals surface area (Å²) >= 11 is 0. The molecule has 0 aliphatic heterocycles. The Morgan fingerprint density at radius 2 is 0.522 bits per heavy atom. The van der Waals surface area contributed by atoms with Crippen LogP contribution in [-0.2, 0) is 0 Å². The number of nitrogens with zero attached hydrogens (tertiary/aromatic N) is 2. The van der Waals surface area contributed by atoms with Gasteiger partial charge in [-0.05, 0) is 62.4 Å². The number of anilines is 6. The number of hydrogen-bond acceptors (Lipinski definition) is 2. The van der Waals surface area contributed by atoms with E-state index in [1.54, 1.807) is 0 Å². The topological polar surface area (TPSA) is 6.48 Å². The second-order valence-corrected chi connectivity index (χ2v) is 10.8. The van der Waals surface area contributed by atoms with Crippen LogP contribution in [0, 0.1) is 13.8 Å². The van der Waals surface area contributed by atoms with E-state index in [-0.39, 0.29) is 0 Å². The average molecular weight is 601 g/mol. The van der Waals surface area contributed by atoms with Crippen LogP contribution in [0.4, 0.5) is 34.1 Å². The number of benzene rings is 7. The van der Waals surface area contributed by atoms with Gasteiger partial charge in [0.1, 0.15) is 0 Å². The van der Waals surface area contributed by atoms with Crippen molar-refractivity contribution in [1.82, 2.24) is 0 Å². The maximum Gasteiger partial charge on any atom is 0.0619 e. The summed E-state index contributed by atoms with van der Waals surface area (Å²) in [6, 6.07) is 56.7. The molecule has 0 radical (unpaired) electrons. The molecule has 0 bridgehead atoms. The summed E-state index contributed by atoms with van der Waals surface area (Å²) in [6.07, 6.45) is 0. The van der Waals surface area contributed by atoms with Gasteiger partial charge in [-0.25, -0.2) is 0 Å².